The van der Waals surface area contributed by atoms with Crippen molar-refractivity contribution < 1.29 is 0 Å². The summed E-state index contributed by atoms with van der Waals surface area (Å²) in [5.74, 6) is 0.867. The van der Waals surface area contributed by atoms with Gasteiger partial charge in [0.2, 0.25) is 0 Å². The SMILES string of the molecule is Nc1ccc(Cl)cc1N1CCCC2CCCCC21. The normalized spacial score (nSPS) is 27.9. The number of nitrogen functional groups attached to an aromatic ring is 1. The van der Waals surface area contributed by atoms with Crippen molar-refractivity contribution in [3.63, 3.8) is 0 Å². The van der Waals surface area contributed by atoms with E-state index in [1.165, 1.54) is 38.5 Å². The Labute approximate surface area is 114 Å². The molecule has 2 atom stereocenters. The number of rotatable bonds is 1. The first-order chi connectivity index (χ1) is 8.75. The monoisotopic (exact) mass is 264 g/mol. The van der Waals surface area contributed by atoms with Crippen LogP contribution in [0.2, 0.25) is 5.02 Å². The molecule has 0 amide bonds. The first-order valence-corrected chi connectivity index (χ1v) is 7.45. The minimum absolute atomic E-state index is 0.688. The second-order valence-corrected chi connectivity index (χ2v) is 6.09. The van der Waals surface area contributed by atoms with E-state index in [-0.39, 0.29) is 0 Å². The summed E-state index contributed by atoms with van der Waals surface area (Å²) in [6, 6.07) is 6.54. The van der Waals surface area contributed by atoms with Crippen LogP contribution in [0.15, 0.2) is 18.2 Å². The van der Waals surface area contributed by atoms with Crippen LogP contribution in [0.1, 0.15) is 38.5 Å². The van der Waals surface area contributed by atoms with Gasteiger partial charge < -0.3 is 10.6 Å². The molecule has 2 unspecified atom stereocenters. The van der Waals surface area contributed by atoms with Gasteiger partial charge in [0.1, 0.15) is 0 Å². The molecule has 0 radical (unpaired) electrons. The molecule has 2 fully saturated rings. The molecule has 1 aromatic carbocycles. The predicted molar refractivity (Wildman–Crippen MR) is 78.2 cm³/mol. The summed E-state index contributed by atoms with van der Waals surface area (Å²) in [5.41, 5.74) is 8.16. The molecule has 98 valence electrons. The molecule has 0 aromatic heterocycles. The first kappa shape index (κ1) is 12.2. The highest BCUT2D eigenvalue weighted by molar-refractivity contribution is 6.31. The second-order valence-electron chi connectivity index (χ2n) is 5.65. The minimum Gasteiger partial charge on any atom is -0.397 e. The maximum absolute atomic E-state index is 6.14. The predicted octanol–water partition coefficient (Wildman–Crippen LogP) is 4.08. The van der Waals surface area contributed by atoms with Gasteiger partial charge in [0.15, 0.2) is 0 Å². The zero-order valence-corrected chi connectivity index (χ0v) is 11.5. The fourth-order valence-corrected chi connectivity index (χ4v) is 3.86. The van der Waals surface area contributed by atoms with Crippen molar-refractivity contribution in [1.29, 1.82) is 0 Å². The molecule has 1 aliphatic heterocycles. The largest absolute Gasteiger partial charge is 0.397 e. The fraction of sp³-hybridized carbons (Fsp3) is 0.600. The van der Waals surface area contributed by atoms with Gasteiger partial charge >= 0.3 is 0 Å². The number of nitrogens with two attached hydrogens (primary N) is 1. The van der Waals surface area contributed by atoms with Crippen molar-refractivity contribution in [3.05, 3.63) is 23.2 Å². The molecule has 18 heavy (non-hydrogen) atoms. The summed E-state index contributed by atoms with van der Waals surface area (Å²) >= 11 is 6.13. The van der Waals surface area contributed by atoms with E-state index in [1.807, 2.05) is 18.2 Å². The molecule has 3 heteroatoms. The van der Waals surface area contributed by atoms with Gasteiger partial charge in [-0.25, -0.2) is 0 Å². The zero-order valence-electron chi connectivity index (χ0n) is 10.7. The van der Waals surface area contributed by atoms with Crippen molar-refractivity contribution in [2.75, 3.05) is 17.2 Å². The van der Waals surface area contributed by atoms with Gasteiger partial charge in [-0.05, 0) is 49.8 Å². The molecular weight excluding hydrogens is 244 g/mol. The molecule has 1 aliphatic carbocycles. The maximum atomic E-state index is 6.14. The molecule has 0 spiro atoms. The smallest absolute Gasteiger partial charge is 0.0617 e. The molecule has 1 saturated carbocycles. The van der Waals surface area contributed by atoms with E-state index >= 15 is 0 Å². The highest BCUT2D eigenvalue weighted by atomic mass is 35.5. The number of anilines is 2. The van der Waals surface area contributed by atoms with Crippen LogP contribution in [0.3, 0.4) is 0 Å². The van der Waals surface area contributed by atoms with E-state index < -0.39 is 0 Å². The second kappa shape index (κ2) is 5.00. The highest BCUT2D eigenvalue weighted by Crippen LogP contribution is 2.40. The zero-order chi connectivity index (χ0) is 12.5. The van der Waals surface area contributed by atoms with Crippen molar-refractivity contribution in [2.45, 2.75) is 44.6 Å². The van der Waals surface area contributed by atoms with Gasteiger partial charge in [-0.2, -0.15) is 0 Å². The Morgan fingerprint density at radius 3 is 2.78 bits per heavy atom. The quantitative estimate of drug-likeness (QED) is 0.775. The van der Waals surface area contributed by atoms with Crippen LogP contribution in [-0.2, 0) is 0 Å². The Balaban J connectivity index is 1.91. The molecule has 2 N–H and O–H groups in total. The van der Waals surface area contributed by atoms with E-state index in [2.05, 4.69) is 4.90 Å². The summed E-state index contributed by atoms with van der Waals surface area (Å²) in [6.07, 6.45) is 8.14. The summed E-state index contributed by atoms with van der Waals surface area (Å²) in [4.78, 5) is 2.52. The molecule has 1 heterocycles. The Kier molecular flexibility index (Phi) is 3.38. The standard InChI is InChI=1S/C15H21ClN2/c16-12-7-8-13(17)15(10-12)18-9-3-5-11-4-1-2-6-14(11)18/h7-8,10-11,14H,1-6,9,17H2. The molecule has 3 rings (SSSR count). The minimum atomic E-state index is 0.688. The summed E-state index contributed by atoms with van der Waals surface area (Å²) in [6.45, 7) is 1.13. The molecular formula is C15H21ClN2. The van der Waals surface area contributed by atoms with E-state index in [9.17, 15) is 0 Å². The molecule has 1 aromatic rings. The van der Waals surface area contributed by atoms with E-state index in [1.54, 1.807) is 0 Å². The number of hydrogen-bond acceptors (Lipinski definition) is 2. The molecule has 1 saturated heterocycles. The van der Waals surface area contributed by atoms with Crippen molar-refractivity contribution >= 4 is 23.0 Å². The van der Waals surface area contributed by atoms with Crippen LogP contribution < -0.4 is 10.6 Å². The third-order valence-electron chi connectivity index (χ3n) is 4.55. The number of fused-ring (bicyclic) bond motifs is 1. The average Bonchev–Trinajstić information content (AvgIpc) is 2.41. The van der Waals surface area contributed by atoms with Crippen molar-refractivity contribution in [3.8, 4) is 0 Å². The topological polar surface area (TPSA) is 29.3 Å². The number of hydrogen-bond donors (Lipinski definition) is 1. The lowest BCUT2D eigenvalue weighted by molar-refractivity contribution is 0.244. The number of benzene rings is 1. The van der Waals surface area contributed by atoms with Gasteiger partial charge in [0.05, 0.1) is 11.4 Å². The first-order valence-electron chi connectivity index (χ1n) is 7.07. The third kappa shape index (κ3) is 2.18. The van der Waals surface area contributed by atoms with E-state index in [4.69, 9.17) is 17.3 Å². The van der Waals surface area contributed by atoms with Gasteiger partial charge in [-0.1, -0.05) is 24.4 Å². The Morgan fingerprint density at radius 2 is 1.89 bits per heavy atom. The van der Waals surface area contributed by atoms with Crippen molar-refractivity contribution in [1.82, 2.24) is 0 Å². The molecule has 2 aliphatic rings. The van der Waals surface area contributed by atoms with Crippen LogP contribution in [0, 0.1) is 5.92 Å². The Hall–Kier alpha value is -0.890. The lowest BCUT2D eigenvalue weighted by atomic mass is 9.78. The van der Waals surface area contributed by atoms with Gasteiger partial charge in [-0.15, -0.1) is 0 Å². The highest BCUT2D eigenvalue weighted by Gasteiger charge is 2.33. The van der Waals surface area contributed by atoms with Gasteiger partial charge in [0, 0.05) is 17.6 Å². The number of halogens is 1. The lowest BCUT2D eigenvalue weighted by Gasteiger charge is -2.45. The van der Waals surface area contributed by atoms with Gasteiger partial charge in [-0.3, -0.25) is 0 Å². The van der Waals surface area contributed by atoms with Gasteiger partial charge in [0.25, 0.3) is 0 Å². The summed E-state index contributed by atoms with van der Waals surface area (Å²) in [7, 11) is 0. The lowest BCUT2D eigenvalue weighted by Crippen LogP contribution is -2.47. The van der Waals surface area contributed by atoms with E-state index in [0.717, 1.165) is 28.9 Å². The average molecular weight is 265 g/mol. The van der Waals surface area contributed by atoms with Crippen LogP contribution >= 0.6 is 11.6 Å². The third-order valence-corrected chi connectivity index (χ3v) is 4.78. The van der Waals surface area contributed by atoms with Crippen LogP contribution in [0.5, 0.6) is 0 Å². The van der Waals surface area contributed by atoms with E-state index in [0.29, 0.717) is 6.04 Å². The summed E-state index contributed by atoms with van der Waals surface area (Å²) in [5, 5.41) is 0.789. The molecule has 0 bridgehead atoms. The van der Waals surface area contributed by atoms with Crippen LogP contribution in [0.25, 0.3) is 0 Å². The van der Waals surface area contributed by atoms with Crippen LogP contribution in [-0.4, -0.2) is 12.6 Å². The molecule has 2 nitrogen and oxygen atoms in total. The summed E-state index contributed by atoms with van der Waals surface area (Å²) < 4.78 is 0. The fourth-order valence-electron chi connectivity index (χ4n) is 3.69. The van der Waals surface area contributed by atoms with Crippen LogP contribution in [0.4, 0.5) is 11.4 Å². The van der Waals surface area contributed by atoms with Crippen molar-refractivity contribution in [2.24, 2.45) is 5.92 Å². The number of nitrogens with zero attached hydrogens (tertiary/aromatic N) is 1. The number of piperidine rings is 1. The Bertz CT molecular complexity index is 431. The Morgan fingerprint density at radius 1 is 1.11 bits per heavy atom. The maximum Gasteiger partial charge on any atom is 0.0617 e.